The molecule has 0 bridgehead atoms. The molecule has 6 heteroatoms. The van der Waals surface area contributed by atoms with Crippen LogP contribution in [-0.4, -0.2) is 10.2 Å². The molecule has 2 heterocycles. The van der Waals surface area contributed by atoms with Gasteiger partial charge in [0.15, 0.2) is 0 Å². The van der Waals surface area contributed by atoms with Crippen LogP contribution in [-0.2, 0) is 4.79 Å². The highest BCUT2D eigenvalue weighted by atomic mass is 79.9. The summed E-state index contributed by atoms with van der Waals surface area (Å²) in [6, 6.07) is 6.15. The quantitative estimate of drug-likeness (QED) is 0.615. The lowest BCUT2D eigenvalue weighted by molar-refractivity contribution is -0.115. The predicted octanol–water partition coefficient (Wildman–Crippen LogP) is 4.15. The Morgan fingerprint density at radius 2 is 2.22 bits per heavy atom. The molecule has 0 radical (unpaired) electrons. The van der Waals surface area contributed by atoms with Crippen molar-refractivity contribution in [2.24, 2.45) is 0 Å². The van der Waals surface area contributed by atoms with Crippen LogP contribution in [0.3, 0.4) is 0 Å². The van der Waals surface area contributed by atoms with Gasteiger partial charge in [-0.25, -0.2) is 0 Å². The number of hydrogen-bond donors (Lipinski definition) is 1. The number of halogens is 1. The maximum atomic E-state index is 11.6. The Labute approximate surface area is 126 Å². The molecule has 0 atom stereocenters. The van der Waals surface area contributed by atoms with Crippen molar-refractivity contribution in [3.63, 3.8) is 0 Å². The fraction of sp³-hybridized carbons (Fsp3) is 0. The first-order chi connectivity index (χ1) is 8.63. The van der Waals surface area contributed by atoms with Crippen molar-refractivity contribution in [3.05, 3.63) is 38.5 Å². The lowest BCUT2D eigenvalue weighted by Crippen LogP contribution is -2.17. The Morgan fingerprint density at radius 1 is 1.39 bits per heavy atom. The molecule has 2 nitrogen and oxygen atoms in total. The van der Waals surface area contributed by atoms with Crippen LogP contribution >= 0.6 is 51.2 Å². The van der Waals surface area contributed by atoms with E-state index in [0.29, 0.717) is 9.23 Å². The Balaban J connectivity index is 2.10. The third-order valence-electron chi connectivity index (χ3n) is 2.49. The molecule has 1 aliphatic rings. The zero-order valence-electron chi connectivity index (χ0n) is 8.90. The van der Waals surface area contributed by atoms with Gasteiger partial charge in [-0.2, -0.15) is 0 Å². The summed E-state index contributed by atoms with van der Waals surface area (Å²) in [5.41, 5.74) is 1.05. The Hall–Kier alpha value is -0.690. The molecule has 1 N–H and O–H groups in total. The highest BCUT2D eigenvalue weighted by molar-refractivity contribution is 9.10. The van der Waals surface area contributed by atoms with Crippen LogP contribution in [0.15, 0.2) is 33.0 Å². The molecule has 1 fully saturated rings. The smallest absolute Gasteiger partial charge is 0.263 e. The van der Waals surface area contributed by atoms with E-state index in [2.05, 4.69) is 38.8 Å². The first kappa shape index (κ1) is 12.3. The minimum absolute atomic E-state index is 0.112. The van der Waals surface area contributed by atoms with Crippen LogP contribution in [0.2, 0.25) is 0 Å². The van der Waals surface area contributed by atoms with Crippen molar-refractivity contribution in [1.29, 1.82) is 0 Å². The van der Waals surface area contributed by atoms with E-state index in [1.807, 2.05) is 12.1 Å². The topological polar surface area (TPSA) is 29.1 Å². The van der Waals surface area contributed by atoms with Crippen molar-refractivity contribution >= 4 is 77.6 Å². The number of benzene rings is 1. The van der Waals surface area contributed by atoms with Gasteiger partial charge in [-0.05, 0) is 35.2 Å². The predicted molar refractivity (Wildman–Crippen MR) is 85.8 cm³/mol. The Kier molecular flexibility index (Phi) is 3.27. The average Bonchev–Trinajstić information content (AvgIpc) is 2.84. The molecule has 3 rings (SSSR count). The third kappa shape index (κ3) is 2.25. The van der Waals surface area contributed by atoms with Crippen LogP contribution in [0.25, 0.3) is 16.2 Å². The van der Waals surface area contributed by atoms with Gasteiger partial charge in [-0.1, -0.05) is 39.9 Å². The van der Waals surface area contributed by atoms with Crippen molar-refractivity contribution < 1.29 is 4.79 Å². The third-order valence-corrected chi connectivity index (χ3v) is 5.13. The molecule has 2 aromatic rings. The van der Waals surface area contributed by atoms with Crippen LogP contribution in [0.4, 0.5) is 0 Å². The SMILES string of the molecule is O=C1NC(=S)S/C1=C/c1csc2ccc(Br)cc12. The molecule has 1 aliphatic heterocycles. The average molecular weight is 356 g/mol. The van der Waals surface area contributed by atoms with Gasteiger partial charge in [-0.15, -0.1) is 11.3 Å². The summed E-state index contributed by atoms with van der Waals surface area (Å²) in [7, 11) is 0. The van der Waals surface area contributed by atoms with E-state index in [1.54, 1.807) is 11.3 Å². The van der Waals surface area contributed by atoms with Gasteiger partial charge in [0.1, 0.15) is 4.32 Å². The summed E-state index contributed by atoms with van der Waals surface area (Å²) in [6.07, 6.45) is 1.89. The van der Waals surface area contributed by atoms with Crippen molar-refractivity contribution in [2.45, 2.75) is 0 Å². The minimum atomic E-state index is -0.112. The lowest BCUT2D eigenvalue weighted by Gasteiger charge is -1.95. The molecule has 0 unspecified atom stereocenters. The summed E-state index contributed by atoms with van der Waals surface area (Å²) < 4.78 is 2.76. The number of amides is 1. The molecule has 0 spiro atoms. The number of thiophene rings is 1. The maximum Gasteiger partial charge on any atom is 0.263 e. The van der Waals surface area contributed by atoms with Crippen LogP contribution < -0.4 is 5.32 Å². The monoisotopic (exact) mass is 355 g/mol. The summed E-state index contributed by atoms with van der Waals surface area (Å²) >= 11 is 11.4. The van der Waals surface area contributed by atoms with E-state index in [-0.39, 0.29) is 5.91 Å². The zero-order chi connectivity index (χ0) is 12.7. The molecule has 1 amide bonds. The minimum Gasteiger partial charge on any atom is -0.307 e. The maximum absolute atomic E-state index is 11.6. The van der Waals surface area contributed by atoms with E-state index in [1.165, 1.54) is 16.5 Å². The number of nitrogens with one attached hydrogen (secondary N) is 1. The van der Waals surface area contributed by atoms with E-state index >= 15 is 0 Å². The fourth-order valence-electron chi connectivity index (χ4n) is 1.70. The van der Waals surface area contributed by atoms with Crippen molar-refractivity contribution in [2.75, 3.05) is 0 Å². The van der Waals surface area contributed by atoms with Gasteiger partial charge in [0.2, 0.25) is 0 Å². The number of fused-ring (bicyclic) bond motifs is 1. The van der Waals surface area contributed by atoms with Crippen molar-refractivity contribution in [1.82, 2.24) is 5.32 Å². The molecular weight excluding hydrogens is 350 g/mol. The second-order valence-corrected chi connectivity index (χ2v) is 7.23. The summed E-state index contributed by atoms with van der Waals surface area (Å²) in [6.45, 7) is 0. The van der Waals surface area contributed by atoms with Gasteiger partial charge >= 0.3 is 0 Å². The van der Waals surface area contributed by atoms with E-state index < -0.39 is 0 Å². The Morgan fingerprint density at radius 3 is 2.94 bits per heavy atom. The number of thioether (sulfide) groups is 1. The standard InChI is InChI=1S/C12H6BrNOS3/c13-7-1-2-9-8(4-7)6(5-17-9)3-10-11(15)14-12(16)18-10/h1-5H,(H,14,15,16)/b10-3+. The largest absolute Gasteiger partial charge is 0.307 e. The number of hydrogen-bond acceptors (Lipinski definition) is 4. The van der Waals surface area contributed by atoms with Gasteiger partial charge in [0, 0.05) is 14.6 Å². The Bertz CT molecular complexity index is 704. The number of rotatable bonds is 1. The molecule has 0 aliphatic carbocycles. The van der Waals surface area contributed by atoms with Crippen LogP contribution in [0.1, 0.15) is 5.56 Å². The summed E-state index contributed by atoms with van der Waals surface area (Å²) in [5, 5.41) is 5.82. The van der Waals surface area contributed by atoms with Crippen LogP contribution in [0, 0.1) is 0 Å². The highest BCUT2D eigenvalue weighted by Gasteiger charge is 2.22. The molecule has 90 valence electrons. The molecule has 18 heavy (non-hydrogen) atoms. The van der Waals surface area contributed by atoms with Gasteiger partial charge in [0.05, 0.1) is 4.91 Å². The van der Waals surface area contributed by atoms with Gasteiger partial charge in [-0.3, -0.25) is 4.79 Å². The molecule has 0 saturated carbocycles. The molecular formula is C12H6BrNOS3. The van der Waals surface area contributed by atoms with E-state index in [4.69, 9.17) is 12.2 Å². The zero-order valence-corrected chi connectivity index (χ0v) is 12.9. The van der Waals surface area contributed by atoms with E-state index in [9.17, 15) is 4.79 Å². The molecule has 1 saturated heterocycles. The first-order valence-electron chi connectivity index (χ1n) is 5.05. The summed E-state index contributed by atoms with van der Waals surface area (Å²) in [4.78, 5) is 12.3. The van der Waals surface area contributed by atoms with Gasteiger partial charge < -0.3 is 5.32 Å². The highest BCUT2D eigenvalue weighted by Crippen LogP contribution is 2.33. The number of thiocarbonyl (C=S) groups is 1. The van der Waals surface area contributed by atoms with E-state index in [0.717, 1.165) is 15.4 Å². The molecule has 1 aromatic heterocycles. The van der Waals surface area contributed by atoms with Crippen LogP contribution in [0.5, 0.6) is 0 Å². The van der Waals surface area contributed by atoms with Gasteiger partial charge in [0.25, 0.3) is 5.91 Å². The summed E-state index contributed by atoms with van der Waals surface area (Å²) in [5.74, 6) is -0.112. The second-order valence-electron chi connectivity index (χ2n) is 3.68. The number of carbonyl (C=O) groups is 1. The van der Waals surface area contributed by atoms with Crippen molar-refractivity contribution in [3.8, 4) is 0 Å². The molecule has 1 aromatic carbocycles. The normalized spacial score (nSPS) is 17.7. The lowest BCUT2D eigenvalue weighted by atomic mass is 10.1. The fourth-order valence-corrected chi connectivity index (χ4v) is 3.99. The first-order valence-corrected chi connectivity index (χ1v) is 7.95. The second kappa shape index (κ2) is 4.77. The number of carbonyl (C=O) groups excluding carboxylic acids is 1.